The van der Waals surface area contributed by atoms with Crippen LogP contribution in [0.5, 0.6) is 5.75 Å². The van der Waals surface area contributed by atoms with Crippen molar-refractivity contribution in [1.82, 2.24) is 9.62 Å². The third kappa shape index (κ3) is 7.31. The number of phenolic OH excluding ortho intramolecular Hbond substituents is 1. The lowest BCUT2D eigenvalue weighted by atomic mass is 9.99. The third-order valence-corrected chi connectivity index (χ3v) is 7.91. The van der Waals surface area contributed by atoms with Crippen LogP contribution in [0, 0.1) is 12.8 Å². The molecule has 0 heterocycles. The van der Waals surface area contributed by atoms with Crippen molar-refractivity contribution in [1.29, 1.82) is 0 Å². The van der Waals surface area contributed by atoms with Gasteiger partial charge >= 0.3 is 0 Å². The molecular weight excluding hydrogens is 490 g/mol. The number of hydrogen-bond acceptors (Lipinski definition) is 6. The fraction of sp³-hybridized carbons (Fsp3) is 0.321. The first-order valence-corrected chi connectivity index (χ1v) is 13.6. The largest absolute Gasteiger partial charge is 0.508 e. The van der Waals surface area contributed by atoms with E-state index in [0.29, 0.717) is 11.3 Å². The molecule has 0 spiro atoms. The van der Waals surface area contributed by atoms with E-state index in [1.165, 1.54) is 22.5 Å². The van der Waals surface area contributed by atoms with Gasteiger partial charge < -0.3 is 21.3 Å². The van der Waals surface area contributed by atoms with Gasteiger partial charge in [0.25, 0.3) is 5.91 Å². The van der Waals surface area contributed by atoms with Crippen LogP contribution in [0.25, 0.3) is 0 Å². The summed E-state index contributed by atoms with van der Waals surface area (Å²) in [7, 11) is -3.97. The minimum absolute atomic E-state index is 0.0101. The number of benzene rings is 3. The van der Waals surface area contributed by atoms with Gasteiger partial charge in [-0.2, -0.15) is 4.31 Å². The van der Waals surface area contributed by atoms with Crippen LogP contribution in [0.15, 0.2) is 77.7 Å². The zero-order valence-corrected chi connectivity index (χ0v) is 22.2. The summed E-state index contributed by atoms with van der Waals surface area (Å²) >= 11 is 0. The van der Waals surface area contributed by atoms with Crippen molar-refractivity contribution in [3.05, 3.63) is 89.5 Å². The second-order valence-electron chi connectivity index (χ2n) is 9.58. The summed E-state index contributed by atoms with van der Waals surface area (Å²) in [6.45, 7) is 5.36. The highest BCUT2D eigenvalue weighted by molar-refractivity contribution is 7.89. The second kappa shape index (κ2) is 12.2. The van der Waals surface area contributed by atoms with Gasteiger partial charge in [0, 0.05) is 29.9 Å². The number of rotatable bonds is 11. The smallest absolute Gasteiger partial charge is 0.252 e. The van der Waals surface area contributed by atoms with E-state index in [2.05, 4.69) is 5.32 Å². The topological polar surface area (TPSA) is 133 Å². The average Bonchev–Trinajstić information content (AvgIpc) is 2.85. The van der Waals surface area contributed by atoms with Gasteiger partial charge in [-0.05, 0) is 55.2 Å². The van der Waals surface area contributed by atoms with Gasteiger partial charge in [0.05, 0.1) is 17.0 Å². The maximum absolute atomic E-state index is 13.5. The van der Waals surface area contributed by atoms with Crippen molar-refractivity contribution in [2.75, 3.05) is 18.8 Å². The molecule has 0 aliphatic carbocycles. The molecule has 0 aliphatic rings. The molecule has 2 atom stereocenters. The van der Waals surface area contributed by atoms with Crippen LogP contribution >= 0.6 is 0 Å². The molecule has 37 heavy (non-hydrogen) atoms. The van der Waals surface area contributed by atoms with Crippen molar-refractivity contribution < 1.29 is 23.4 Å². The van der Waals surface area contributed by atoms with Gasteiger partial charge in [0.2, 0.25) is 10.0 Å². The highest BCUT2D eigenvalue weighted by Crippen LogP contribution is 2.22. The van der Waals surface area contributed by atoms with Crippen molar-refractivity contribution in [3.8, 4) is 5.75 Å². The van der Waals surface area contributed by atoms with E-state index in [-0.39, 0.29) is 41.6 Å². The van der Waals surface area contributed by atoms with Crippen LogP contribution in [0.2, 0.25) is 0 Å². The number of carbonyl (C=O) groups is 1. The Labute approximate surface area is 218 Å². The SMILES string of the molecule is Cc1c(O)cccc1C(=O)NC(Cc1ccccc1)C(O)CN(CC(C)C)S(=O)(=O)c1cccc(N)c1. The van der Waals surface area contributed by atoms with Gasteiger partial charge in [-0.15, -0.1) is 0 Å². The molecule has 3 rings (SSSR count). The fourth-order valence-corrected chi connectivity index (χ4v) is 5.78. The highest BCUT2D eigenvalue weighted by atomic mass is 32.2. The lowest BCUT2D eigenvalue weighted by molar-refractivity contribution is 0.0775. The number of sulfonamides is 1. The second-order valence-corrected chi connectivity index (χ2v) is 11.5. The Morgan fingerprint density at radius 2 is 1.68 bits per heavy atom. The predicted molar refractivity (Wildman–Crippen MR) is 145 cm³/mol. The number of nitrogens with one attached hydrogen (secondary N) is 1. The van der Waals surface area contributed by atoms with Crippen molar-refractivity contribution >= 4 is 21.6 Å². The van der Waals surface area contributed by atoms with E-state index in [9.17, 15) is 23.4 Å². The number of nitrogen functional groups attached to an aromatic ring is 1. The maximum atomic E-state index is 13.5. The van der Waals surface area contributed by atoms with Crippen LogP contribution in [0.1, 0.15) is 35.3 Å². The molecule has 0 fully saturated rings. The summed E-state index contributed by atoms with van der Waals surface area (Å²) in [6.07, 6.45) is -0.948. The third-order valence-electron chi connectivity index (χ3n) is 6.08. The van der Waals surface area contributed by atoms with Crippen LogP contribution in [0.4, 0.5) is 5.69 Å². The van der Waals surface area contributed by atoms with Crippen LogP contribution in [0.3, 0.4) is 0 Å². The van der Waals surface area contributed by atoms with E-state index < -0.39 is 28.1 Å². The summed E-state index contributed by atoms with van der Waals surface area (Å²) in [5.41, 5.74) is 7.71. The summed E-state index contributed by atoms with van der Waals surface area (Å²) in [6, 6.07) is 19.2. The number of carbonyl (C=O) groups excluding carboxylic acids is 1. The van der Waals surface area contributed by atoms with E-state index >= 15 is 0 Å². The first-order valence-electron chi connectivity index (χ1n) is 12.2. The van der Waals surface area contributed by atoms with E-state index in [1.807, 2.05) is 44.2 Å². The summed E-state index contributed by atoms with van der Waals surface area (Å²) in [5, 5.41) is 24.2. The van der Waals surface area contributed by atoms with Crippen LogP contribution in [-0.4, -0.2) is 54.1 Å². The molecule has 9 heteroatoms. The number of anilines is 1. The molecule has 1 amide bonds. The lowest BCUT2D eigenvalue weighted by Crippen LogP contribution is -2.51. The summed E-state index contributed by atoms with van der Waals surface area (Å²) < 4.78 is 28.2. The molecule has 3 aromatic rings. The van der Waals surface area contributed by atoms with Crippen LogP contribution < -0.4 is 11.1 Å². The van der Waals surface area contributed by atoms with Crippen LogP contribution in [-0.2, 0) is 16.4 Å². The predicted octanol–water partition coefficient (Wildman–Crippen LogP) is 3.33. The molecule has 8 nitrogen and oxygen atoms in total. The number of nitrogens with zero attached hydrogens (tertiary/aromatic N) is 1. The minimum atomic E-state index is -3.97. The molecule has 0 aliphatic heterocycles. The number of aliphatic hydroxyl groups is 1. The van der Waals surface area contributed by atoms with Crippen molar-refractivity contribution in [3.63, 3.8) is 0 Å². The molecule has 0 aromatic heterocycles. The highest BCUT2D eigenvalue weighted by Gasteiger charge is 2.31. The first kappa shape index (κ1) is 28.2. The van der Waals surface area contributed by atoms with Crippen molar-refractivity contribution in [2.24, 2.45) is 5.92 Å². The molecule has 3 aromatic carbocycles. The molecule has 0 saturated heterocycles. The Hall–Kier alpha value is -3.40. The Morgan fingerprint density at radius 1 is 1.00 bits per heavy atom. The zero-order chi connectivity index (χ0) is 27.2. The minimum Gasteiger partial charge on any atom is -0.508 e. The van der Waals surface area contributed by atoms with Gasteiger partial charge in [-0.25, -0.2) is 8.42 Å². The lowest BCUT2D eigenvalue weighted by Gasteiger charge is -2.31. The Balaban J connectivity index is 1.92. The average molecular weight is 526 g/mol. The summed E-state index contributed by atoms with van der Waals surface area (Å²) in [5.74, 6) is -0.494. The van der Waals surface area contributed by atoms with E-state index in [0.717, 1.165) is 5.56 Å². The van der Waals surface area contributed by atoms with Gasteiger partial charge in [-0.1, -0.05) is 56.3 Å². The Bertz CT molecular complexity index is 1310. The molecular formula is C28H35N3O5S. The molecule has 198 valence electrons. The summed E-state index contributed by atoms with van der Waals surface area (Å²) in [4.78, 5) is 13.2. The maximum Gasteiger partial charge on any atom is 0.252 e. The Morgan fingerprint density at radius 3 is 2.32 bits per heavy atom. The van der Waals surface area contributed by atoms with Gasteiger partial charge in [0.15, 0.2) is 0 Å². The van der Waals surface area contributed by atoms with E-state index in [1.54, 1.807) is 31.2 Å². The molecule has 0 radical (unpaired) electrons. The first-order chi connectivity index (χ1) is 17.5. The molecule has 0 bridgehead atoms. The van der Waals surface area contributed by atoms with E-state index in [4.69, 9.17) is 5.73 Å². The normalized spacial score (nSPS) is 13.5. The standard InChI is InChI=1S/C28H35N3O5S/c1-19(2)17-31(37(35,36)23-12-7-11-22(29)16-23)18-27(33)25(15-21-9-5-4-6-10-21)30-28(34)24-13-8-14-26(32)20(24)3/h4-14,16,19,25,27,32-33H,15,17-18,29H2,1-3H3,(H,30,34). The van der Waals surface area contributed by atoms with Gasteiger partial charge in [0.1, 0.15) is 5.75 Å². The fourth-order valence-electron chi connectivity index (χ4n) is 4.10. The number of aromatic hydroxyl groups is 1. The Kier molecular flexibility index (Phi) is 9.31. The molecule has 5 N–H and O–H groups in total. The number of phenols is 1. The number of amides is 1. The zero-order valence-electron chi connectivity index (χ0n) is 21.3. The van der Waals surface area contributed by atoms with Crippen molar-refractivity contribution in [2.45, 2.75) is 44.2 Å². The monoisotopic (exact) mass is 525 g/mol. The number of hydrogen-bond donors (Lipinski definition) is 4. The number of nitrogens with two attached hydrogens (primary N) is 1. The molecule has 0 saturated carbocycles. The van der Waals surface area contributed by atoms with Gasteiger partial charge in [-0.3, -0.25) is 4.79 Å². The molecule has 2 unspecified atom stereocenters. The quantitative estimate of drug-likeness (QED) is 0.284. The number of aliphatic hydroxyl groups excluding tert-OH is 1.